The summed E-state index contributed by atoms with van der Waals surface area (Å²) < 4.78 is 1.08. The van der Waals surface area contributed by atoms with Crippen LogP contribution in [0.5, 0.6) is 0 Å². The van der Waals surface area contributed by atoms with E-state index in [4.69, 9.17) is 0 Å². The fourth-order valence-corrected chi connectivity index (χ4v) is 3.05. The summed E-state index contributed by atoms with van der Waals surface area (Å²) in [6.45, 7) is 4.39. The van der Waals surface area contributed by atoms with Gasteiger partial charge in [-0.25, -0.2) is 9.97 Å². The molecule has 0 amide bonds. The van der Waals surface area contributed by atoms with Crippen molar-refractivity contribution in [1.29, 1.82) is 0 Å². The smallest absolute Gasteiger partial charge is 0.171 e. The molecule has 0 spiro atoms. The molecule has 0 saturated carbocycles. The van der Waals surface area contributed by atoms with Gasteiger partial charge < -0.3 is 5.32 Å². The highest BCUT2D eigenvalue weighted by atomic mass is 79.9. The van der Waals surface area contributed by atoms with E-state index in [9.17, 15) is 0 Å². The van der Waals surface area contributed by atoms with Crippen LogP contribution in [0.4, 0.5) is 5.82 Å². The van der Waals surface area contributed by atoms with E-state index >= 15 is 0 Å². The lowest BCUT2D eigenvalue weighted by molar-refractivity contribution is 0.635. The Hall–Kier alpha value is -0.940. The Morgan fingerprint density at radius 3 is 2.67 bits per heavy atom. The normalized spacial score (nSPS) is 10.9. The first-order valence-corrected chi connectivity index (χ1v) is 7.56. The van der Waals surface area contributed by atoms with Crippen LogP contribution in [0.25, 0.3) is 10.7 Å². The lowest BCUT2D eigenvalue weighted by atomic mass is 10.1. The van der Waals surface area contributed by atoms with Gasteiger partial charge in [-0.15, -0.1) is 11.3 Å². The van der Waals surface area contributed by atoms with Crippen molar-refractivity contribution in [3.63, 3.8) is 0 Å². The van der Waals surface area contributed by atoms with Gasteiger partial charge in [0, 0.05) is 28.7 Å². The highest BCUT2D eigenvalue weighted by molar-refractivity contribution is 9.10. The number of anilines is 1. The number of thiophene rings is 1. The molecule has 0 aromatic carbocycles. The summed E-state index contributed by atoms with van der Waals surface area (Å²) in [6, 6.07) is 4.07. The third kappa shape index (κ3) is 3.29. The van der Waals surface area contributed by atoms with Gasteiger partial charge in [0.1, 0.15) is 5.82 Å². The molecule has 96 valence electrons. The van der Waals surface area contributed by atoms with Gasteiger partial charge in [-0.1, -0.05) is 13.8 Å². The summed E-state index contributed by atoms with van der Waals surface area (Å²) in [7, 11) is 1.88. The van der Waals surface area contributed by atoms with Crippen LogP contribution in [0.3, 0.4) is 0 Å². The van der Waals surface area contributed by atoms with Gasteiger partial charge in [-0.3, -0.25) is 0 Å². The van der Waals surface area contributed by atoms with Crippen molar-refractivity contribution in [2.75, 3.05) is 12.4 Å². The Balaban J connectivity index is 2.40. The van der Waals surface area contributed by atoms with Crippen molar-refractivity contribution in [3.8, 4) is 10.7 Å². The Morgan fingerprint density at radius 1 is 1.33 bits per heavy atom. The maximum atomic E-state index is 4.64. The SMILES string of the molecule is CNc1cc(CC(C)C)nc(-c2cc(Br)cs2)n1. The van der Waals surface area contributed by atoms with E-state index in [2.05, 4.69) is 51.1 Å². The number of hydrogen-bond acceptors (Lipinski definition) is 4. The van der Waals surface area contributed by atoms with Gasteiger partial charge in [-0.05, 0) is 34.3 Å². The van der Waals surface area contributed by atoms with Crippen LogP contribution >= 0.6 is 27.3 Å². The van der Waals surface area contributed by atoms with E-state index in [1.807, 2.05) is 18.5 Å². The number of rotatable bonds is 4. The summed E-state index contributed by atoms with van der Waals surface area (Å²) in [5.41, 5.74) is 1.09. The van der Waals surface area contributed by atoms with Crippen molar-refractivity contribution in [3.05, 3.63) is 27.7 Å². The molecule has 18 heavy (non-hydrogen) atoms. The number of nitrogens with one attached hydrogen (secondary N) is 1. The Morgan fingerprint density at radius 2 is 2.11 bits per heavy atom. The first-order valence-electron chi connectivity index (χ1n) is 5.88. The molecule has 0 aliphatic rings. The van der Waals surface area contributed by atoms with Crippen LogP contribution in [0.1, 0.15) is 19.5 Å². The zero-order valence-corrected chi connectivity index (χ0v) is 13.1. The van der Waals surface area contributed by atoms with Crippen LogP contribution in [-0.2, 0) is 6.42 Å². The second kappa shape index (κ2) is 5.80. The topological polar surface area (TPSA) is 37.8 Å². The van der Waals surface area contributed by atoms with E-state index in [0.717, 1.165) is 33.1 Å². The predicted octanol–water partition coefficient (Wildman–Crippen LogP) is 4.21. The molecular formula is C13H16BrN3S. The molecule has 0 saturated heterocycles. The molecule has 0 fully saturated rings. The molecule has 2 heterocycles. The Bertz CT molecular complexity index is 537. The standard InChI is InChI=1S/C13H16BrN3S/c1-8(2)4-10-6-12(15-3)17-13(16-10)11-5-9(14)7-18-11/h5-8H,4H2,1-3H3,(H,15,16,17). The third-order valence-electron chi connectivity index (χ3n) is 2.44. The summed E-state index contributed by atoms with van der Waals surface area (Å²) >= 11 is 5.11. The van der Waals surface area contributed by atoms with Gasteiger partial charge in [0.15, 0.2) is 5.82 Å². The minimum Gasteiger partial charge on any atom is -0.373 e. The minimum absolute atomic E-state index is 0.590. The zero-order valence-electron chi connectivity index (χ0n) is 10.7. The number of aromatic nitrogens is 2. The number of hydrogen-bond donors (Lipinski definition) is 1. The Labute approximate surface area is 120 Å². The second-order valence-corrected chi connectivity index (χ2v) is 6.37. The average Bonchev–Trinajstić information content (AvgIpc) is 2.74. The molecular weight excluding hydrogens is 310 g/mol. The minimum atomic E-state index is 0.590. The average molecular weight is 326 g/mol. The fourth-order valence-electron chi connectivity index (χ4n) is 1.69. The van der Waals surface area contributed by atoms with Gasteiger partial charge in [-0.2, -0.15) is 0 Å². The monoisotopic (exact) mass is 325 g/mol. The lowest BCUT2D eigenvalue weighted by Gasteiger charge is -2.08. The highest BCUT2D eigenvalue weighted by Crippen LogP contribution is 2.28. The lowest BCUT2D eigenvalue weighted by Crippen LogP contribution is -2.03. The van der Waals surface area contributed by atoms with E-state index in [-0.39, 0.29) is 0 Å². The fraction of sp³-hybridized carbons (Fsp3) is 0.385. The van der Waals surface area contributed by atoms with E-state index < -0.39 is 0 Å². The van der Waals surface area contributed by atoms with Crippen molar-refractivity contribution < 1.29 is 0 Å². The van der Waals surface area contributed by atoms with Gasteiger partial charge in [0.25, 0.3) is 0 Å². The van der Waals surface area contributed by atoms with Crippen molar-refractivity contribution >= 4 is 33.1 Å². The zero-order chi connectivity index (χ0) is 13.1. The van der Waals surface area contributed by atoms with Gasteiger partial charge >= 0.3 is 0 Å². The first-order chi connectivity index (χ1) is 8.58. The van der Waals surface area contributed by atoms with E-state index in [0.29, 0.717) is 5.92 Å². The van der Waals surface area contributed by atoms with Crippen LogP contribution in [0.2, 0.25) is 0 Å². The predicted molar refractivity (Wildman–Crippen MR) is 81.1 cm³/mol. The number of nitrogens with zero attached hydrogens (tertiary/aromatic N) is 2. The molecule has 3 nitrogen and oxygen atoms in total. The molecule has 0 unspecified atom stereocenters. The van der Waals surface area contributed by atoms with Crippen LogP contribution < -0.4 is 5.32 Å². The quantitative estimate of drug-likeness (QED) is 0.915. The molecule has 0 atom stereocenters. The molecule has 2 rings (SSSR count). The Kier molecular flexibility index (Phi) is 4.35. The van der Waals surface area contributed by atoms with Crippen molar-refractivity contribution in [1.82, 2.24) is 9.97 Å². The molecule has 2 aromatic heterocycles. The van der Waals surface area contributed by atoms with Crippen LogP contribution in [0, 0.1) is 5.92 Å². The maximum Gasteiger partial charge on any atom is 0.171 e. The third-order valence-corrected chi connectivity index (χ3v) is 4.13. The van der Waals surface area contributed by atoms with Crippen LogP contribution in [0.15, 0.2) is 22.0 Å². The molecule has 0 aliphatic carbocycles. The van der Waals surface area contributed by atoms with E-state index in [1.54, 1.807) is 11.3 Å². The molecule has 0 radical (unpaired) electrons. The molecule has 5 heteroatoms. The van der Waals surface area contributed by atoms with Crippen LogP contribution in [-0.4, -0.2) is 17.0 Å². The molecule has 0 aliphatic heterocycles. The summed E-state index contributed by atoms with van der Waals surface area (Å²) in [5.74, 6) is 2.26. The first kappa shape index (κ1) is 13.5. The maximum absolute atomic E-state index is 4.64. The molecule has 0 bridgehead atoms. The highest BCUT2D eigenvalue weighted by Gasteiger charge is 2.09. The molecule has 1 N–H and O–H groups in total. The largest absolute Gasteiger partial charge is 0.373 e. The summed E-state index contributed by atoms with van der Waals surface area (Å²) in [5, 5.41) is 5.15. The van der Waals surface area contributed by atoms with Crippen molar-refractivity contribution in [2.45, 2.75) is 20.3 Å². The second-order valence-electron chi connectivity index (χ2n) is 4.55. The summed E-state index contributed by atoms with van der Waals surface area (Å²) in [6.07, 6.45) is 0.969. The van der Waals surface area contributed by atoms with Crippen molar-refractivity contribution in [2.24, 2.45) is 5.92 Å². The van der Waals surface area contributed by atoms with Gasteiger partial charge in [0.2, 0.25) is 0 Å². The summed E-state index contributed by atoms with van der Waals surface area (Å²) in [4.78, 5) is 10.2. The molecule has 2 aromatic rings. The number of halogens is 1. The van der Waals surface area contributed by atoms with E-state index in [1.165, 1.54) is 0 Å². The van der Waals surface area contributed by atoms with Gasteiger partial charge in [0.05, 0.1) is 4.88 Å².